The van der Waals surface area contributed by atoms with Gasteiger partial charge >= 0.3 is 0 Å². The summed E-state index contributed by atoms with van der Waals surface area (Å²) < 4.78 is 2.98. The maximum atomic E-state index is 9.91. The molecule has 2 aromatic carbocycles. The number of phenols is 1. The fraction of sp³-hybridized carbons (Fsp3) is 0.0714. The molecule has 18 heavy (non-hydrogen) atoms. The summed E-state index contributed by atoms with van der Waals surface area (Å²) in [7, 11) is 1.95. The van der Waals surface area contributed by atoms with Crippen LogP contribution in [0.5, 0.6) is 5.75 Å². The number of benzene rings is 2. The number of imidazole rings is 1. The van der Waals surface area contributed by atoms with Crippen LogP contribution in [0.3, 0.4) is 0 Å². The van der Waals surface area contributed by atoms with Crippen molar-refractivity contribution in [3.8, 4) is 17.1 Å². The van der Waals surface area contributed by atoms with E-state index in [9.17, 15) is 5.11 Å². The van der Waals surface area contributed by atoms with Crippen molar-refractivity contribution in [2.24, 2.45) is 7.05 Å². The van der Waals surface area contributed by atoms with E-state index in [2.05, 4.69) is 20.9 Å². The fourth-order valence-electron chi connectivity index (χ4n) is 2.08. The van der Waals surface area contributed by atoms with Gasteiger partial charge in [0.05, 0.1) is 16.6 Å². The number of aryl methyl sites for hydroxylation is 1. The van der Waals surface area contributed by atoms with E-state index in [0.29, 0.717) is 0 Å². The number of halogens is 1. The predicted octanol–water partition coefficient (Wildman–Crippen LogP) is 3.71. The van der Waals surface area contributed by atoms with E-state index in [1.165, 1.54) is 0 Å². The minimum Gasteiger partial charge on any atom is -0.507 e. The SMILES string of the molecule is Cn1c(-c2ccccc2O)nc2cc(Br)ccc21. The fourth-order valence-corrected chi connectivity index (χ4v) is 2.43. The Morgan fingerprint density at radius 1 is 1.17 bits per heavy atom. The molecule has 3 rings (SSSR count). The largest absolute Gasteiger partial charge is 0.507 e. The number of aromatic nitrogens is 2. The zero-order valence-electron chi connectivity index (χ0n) is 9.76. The Morgan fingerprint density at radius 3 is 2.72 bits per heavy atom. The quantitative estimate of drug-likeness (QED) is 0.744. The van der Waals surface area contributed by atoms with Crippen molar-refractivity contribution in [1.29, 1.82) is 0 Å². The minimum atomic E-state index is 0.245. The molecule has 0 aliphatic rings. The second kappa shape index (κ2) is 4.14. The summed E-state index contributed by atoms with van der Waals surface area (Å²) in [4.78, 5) is 4.58. The van der Waals surface area contributed by atoms with Crippen LogP contribution in [-0.2, 0) is 7.05 Å². The second-order valence-corrected chi connectivity index (χ2v) is 5.06. The lowest BCUT2D eigenvalue weighted by Gasteiger charge is -2.04. The van der Waals surface area contributed by atoms with Gasteiger partial charge in [0.1, 0.15) is 11.6 Å². The van der Waals surface area contributed by atoms with E-state index in [0.717, 1.165) is 26.9 Å². The van der Waals surface area contributed by atoms with E-state index in [4.69, 9.17) is 0 Å². The molecule has 0 aliphatic heterocycles. The summed E-state index contributed by atoms with van der Waals surface area (Å²) in [5.41, 5.74) is 2.69. The van der Waals surface area contributed by atoms with Gasteiger partial charge in [0.25, 0.3) is 0 Å². The Labute approximate surface area is 113 Å². The van der Waals surface area contributed by atoms with Crippen LogP contribution in [-0.4, -0.2) is 14.7 Å². The van der Waals surface area contributed by atoms with Gasteiger partial charge < -0.3 is 9.67 Å². The van der Waals surface area contributed by atoms with Crippen LogP contribution in [0.1, 0.15) is 0 Å². The molecule has 0 unspecified atom stereocenters. The molecule has 0 fully saturated rings. The van der Waals surface area contributed by atoms with E-state index >= 15 is 0 Å². The average Bonchev–Trinajstić information content (AvgIpc) is 2.67. The Morgan fingerprint density at radius 2 is 1.94 bits per heavy atom. The number of rotatable bonds is 1. The van der Waals surface area contributed by atoms with Crippen LogP contribution in [0.15, 0.2) is 46.9 Å². The van der Waals surface area contributed by atoms with Crippen LogP contribution >= 0.6 is 15.9 Å². The third-order valence-electron chi connectivity index (χ3n) is 2.99. The van der Waals surface area contributed by atoms with Gasteiger partial charge in [0.15, 0.2) is 0 Å². The van der Waals surface area contributed by atoms with Crippen molar-refractivity contribution in [2.75, 3.05) is 0 Å². The highest BCUT2D eigenvalue weighted by Gasteiger charge is 2.12. The molecule has 4 heteroatoms. The normalized spacial score (nSPS) is 11.0. The zero-order valence-corrected chi connectivity index (χ0v) is 11.3. The van der Waals surface area contributed by atoms with Crippen LogP contribution < -0.4 is 0 Å². The highest BCUT2D eigenvalue weighted by atomic mass is 79.9. The highest BCUT2D eigenvalue weighted by Crippen LogP contribution is 2.30. The van der Waals surface area contributed by atoms with Crippen LogP contribution in [0.4, 0.5) is 0 Å². The zero-order chi connectivity index (χ0) is 12.7. The molecule has 0 aliphatic carbocycles. The first kappa shape index (κ1) is 11.3. The minimum absolute atomic E-state index is 0.245. The molecule has 0 amide bonds. The van der Waals surface area contributed by atoms with Crippen molar-refractivity contribution in [1.82, 2.24) is 9.55 Å². The number of nitrogens with zero attached hydrogens (tertiary/aromatic N) is 2. The van der Waals surface area contributed by atoms with Crippen molar-refractivity contribution in [3.05, 3.63) is 46.9 Å². The van der Waals surface area contributed by atoms with Crippen LogP contribution in [0.2, 0.25) is 0 Å². The molecule has 0 radical (unpaired) electrons. The first-order valence-corrected chi connectivity index (χ1v) is 6.36. The Hall–Kier alpha value is -1.81. The van der Waals surface area contributed by atoms with E-state index in [-0.39, 0.29) is 5.75 Å². The summed E-state index contributed by atoms with van der Waals surface area (Å²) in [6.07, 6.45) is 0. The lowest BCUT2D eigenvalue weighted by Crippen LogP contribution is -1.92. The lowest BCUT2D eigenvalue weighted by molar-refractivity contribution is 0.476. The molecule has 1 heterocycles. The summed E-state index contributed by atoms with van der Waals surface area (Å²) >= 11 is 3.44. The van der Waals surface area contributed by atoms with E-state index < -0.39 is 0 Å². The third-order valence-corrected chi connectivity index (χ3v) is 3.48. The van der Waals surface area contributed by atoms with Gasteiger partial charge in [-0.3, -0.25) is 0 Å². The second-order valence-electron chi connectivity index (χ2n) is 4.14. The van der Waals surface area contributed by atoms with Crippen molar-refractivity contribution >= 4 is 27.0 Å². The summed E-state index contributed by atoms with van der Waals surface area (Å²) in [6.45, 7) is 0. The smallest absolute Gasteiger partial charge is 0.144 e. The van der Waals surface area contributed by atoms with Gasteiger partial charge in [-0.25, -0.2) is 4.98 Å². The number of para-hydroxylation sites is 1. The molecule has 0 bridgehead atoms. The van der Waals surface area contributed by atoms with Gasteiger partial charge in [0.2, 0.25) is 0 Å². The maximum absolute atomic E-state index is 9.91. The number of hydrogen-bond donors (Lipinski definition) is 1. The molecule has 3 aromatic rings. The molecular weight excluding hydrogens is 292 g/mol. The van der Waals surface area contributed by atoms with Crippen LogP contribution in [0, 0.1) is 0 Å². The summed E-state index contributed by atoms with van der Waals surface area (Å²) in [5.74, 6) is 1.01. The van der Waals surface area contributed by atoms with Crippen molar-refractivity contribution < 1.29 is 5.11 Å². The molecule has 0 spiro atoms. The van der Waals surface area contributed by atoms with Crippen molar-refractivity contribution in [3.63, 3.8) is 0 Å². The standard InChI is InChI=1S/C14H11BrN2O/c1-17-12-7-6-9(15)8-11(12)16-14(17)10-4-2-3-5-13(10)18/h2-8,18H,1H3. The maximum Gasteiger partial charge on any atom is 0.144 e. The lowest BCUT2D eigenvalue weighted by atomic mass is 10.2. The summed E-state index contributed by atoms with van der Waals surface area (Å²) in [6, 6.07) is 13.2. The van der Waals surface area contributed by atoms with Crippen molar-refractivity contribution in [2.45, 2.75) is 0 Å². The highest BCUT2D eigenvalue weighted by molar-refractivity contribution is 9.10. The Balaban J connectivity index is 2.31. The van der Waals surface area contributed by atoms with Crippen LogP contribution in [0.25, 0.3) is 22.4 Å². The molecule has 3 nitrogen and oxygen atoms in total. The average molecular weight is 303 g/mol. The molecule has 0 saturated carbocycles. The first-order valence-electron chi connectivity index (χ1n) is 5.57. The number of phenolic OH excluding ortho intramolecular Hbond substituents is 1. The third kappa shape index (κ3) is 1.69. The van der Waals surface area contributed by atoms with Gasteiger partial charge in [-0.1, -0.05) is 28.1 Å². The topological polar surface area (TPSA) is 38.0 Å². The number of aromatic hydroxyl groups is 1. The van der Waals surface area contributed by atoms with Gasteiger partial charge in [0, 0.05) is 11.5 Å². The van der Waals surface area contributed by atoms with Gasteiger partial charge in [-0.15, -0.1) is 0 Å². The Kier molecular flexibility index (Phi) is 2.59. The van der Waals surface area contributed by atoms with Gasteiger partial charge in [-0.2, -0.15) is 0 Å². The molecule has 0 atom stereocenters. The van der Waals surface area contributed by atoms with E-state index in [1.807, 2.05) is 41.9 Å². The molecule has 1 N–H and O–H groups in total. The van der Waals surface area contributed by atoms with Gasteiger partial charge in [-0.05, 0) is 30.3 Å². The monoisotopic (exact) mass is 302 g/mol. The predicted molar refractivity (Wildman–Crippen MR) is 75.5 cm³/mol. The molecule has 0 saturated heterocycles. The molecular formula is C14H11BrN2O. The molecule has 1 aromatic heterocycles. The molecule has 90 valence electrons. The number of fused-ring (bicyclic) bond motifs is 1. The first-order chi connectivity index (χ1) is 8.66. The van der Waals surface area contributed by atoms with E-state index in [1.54, 1.807) is 12.1 Å². The Bertz CT molecular complexity index is 734. The summed E-state index contributed by atoms with van der Waals surface area (Å²) in [5, 5.41) is 9.91. The number of hydrogen-bond acceptors (Lipinski definition) is 2.